The van der Waals surface area contributed by atoms with E-state index in [0.29, 0.717) is 12.6 Å². The first-order chi connectivity index (χ1) is 8.60. The summed E-state index contributed by atoms with van der Waals surface area (Å²) in [4.78, 5) is 6.07. The average Bonchev–Trinajstić information content (AvgIpc) is 2.73. The Morgan fingerprint density at radius 2 is 2.06 bits per heavy atom. The van der Waals surface area contributed by atoms with Gasteiger partial charge in [-0.2, -0.15) is 0 Å². The Bertz CT molecular complexity index is 341. The van der Waals surface area contributed by atoms with Crippen molar-refractivity contribution in [2.24, 2.45) is 5.73 Å². The number of halogens is 1. The highest BCUT2D eigenvalue weighted by molar-refractivity contribution is 9.10. The molecule has 1 atom stereocenters. The molecule has 0 aliphatic rings. The van der Waals surface area contributed by atoms with E-state index in [2.05, 4.69) is 58.2 Å². The monoisotopic (exact) mass is 333 g/mol. The summed E-state index contributed by atoms with van der Waals surface area (Å²) in [5.74, 6) is 0. The maximum absolute atomic E-state index is 6.00. The zero-order valence-corrected chi connectivity index (χ0v) is 13.9. The van der Waals surface area contributed by atoms with Gasteiger partial charge in [-0.1, -0.05) is 6.92 Å². The molecule has 1 rings (SSSR count). The standard InChI is InChI=1S/C13H24BrN3S/c1-4-6-17(8-7-16(2)3)12(10-15)13-11(14)5-9-18-13/h5,9,12H,4,6-8,10,15H2,1-3H3. The predicted molar refractivity (Wildman–Crippen MR) is 84.2 cm³/mol. The van der Waals surface area contributed by atoms with Gasteiger partial charge in [0, 0.05) is 29.0 Å². The molecular weight excluding hydrogens is 310 g/mol. The molecule has 104 valence electrons. The van der Waals surface area contributed by atoms with Crippen molar-refractivity contribution in [2.45, 2.75) is 19.4 Å². The number of hydrogen-bond donors (Lipinski definition) is 1. The summed E-state index contributed by atoms with van der Waals surface area (Å²) in [5.41, 5.74) is 6.00. The predicted octanol–water partition coefficient (Wildman–Crippen LogP) is 2.78. The first-order valence-corrected chi connectivity index (χ1v) is 8.09. The SMILES string of the molecule is CCCN(CCN(C)C)C(CN)c1sccc1Br. The van der Waals surface area contributed by atoms with Gasteiger partial charge in [-0.25, -0.2) is 0 Å². The molecule has 0 saturated heterocycles. The molecule has 0 bridgehead atoms. The van der Waals surface area contributed by atoms with Crippen LogP contribution in [0.3, 0.4) is 0 Å². The quantitative estimate of drug-likeness (QED) is 0.793. The Kier molecular flexibility index (Phi) is 7.41. The van der Waals surface area contributed by atoms with Crippen LogP contribution in [-0.2, 0) is 0 Å². The van der Waals surface area contributed by atoms with Crippen molar-refractivity contribution in [1.82, 2.24) is 9.80 Å². The average molecular weight is 334 g/mol. The molecule has 5 heteroatoms. The van der Waals surface area contributed by atoms with E-state index in [1.165, 1.54) is 9.35 Å². The van der Waals surface area contributed by atoms with E-state index in [1.54, 1.807) is 11.3 Å². The van der Waals surface area contributed by atoms with Crippen molar-refractivity contribution >= 4 is 27.3 Å². The molecule has 0 amide bonds. The van der Waals surface area contributed by atoms with Gasteiger partial charge in [-0.3, -0.25) is 4.90 Å². The molecule has 0 aliphatic heterocycles. The van der Waals surface area contributed by atoms with Crippen LogP contribution in [0.4, 0.5) is 0 Å². The van der Waals surface area contributed by atoms with Crippen LogP contribution in [0.5, 0.6) is 0 Å². The minimum atomic E-state index is 0.333. The lowest BCUT2D eigenvalue weighted by atomic mass is 10.2. The Hall–Kier alpha value is 0.0600. The summed E-state index contributed by atoms with van der Waals surface area (Å²) in [7, 11) is 4.23. The zero-order valence-electron chi connectivity index (χ0n) is 11.5. The van der Waals surface area contributed by atoms with E-state index >= 15 is 0 Å². The number of thiophene rings is 1. The maximum Gasteiger partial charge on any atom is 0.0576 e. The molecule has 0 radical (unpaired) electrons. The minimum absolute atomic E-state index is 0.333. The van der Waals surface area contributed by atoms with Crippen molar-refractivity contribution in [1.29, 1.82) is 0 Å². The third-order valence-corrected chi connectivity index (χ3v) is 4.93. The Labute approximate surface area is 123 Å². The van der Waals surface area contributed by atoms with E-state index in [0.717, 1.165) is 26.1 Å². The number of nitrogens with zero attached hydrogens (tertiary/aromatic N) is 2. The molecule has 1 aromatic heterocycles. The van der Waals surface area contributed by atoms with Gasteiger partial charge in [0.05, 0.1) is 6.04 Å². The third-order valence-electron chi connectivity index (χ3n) is 2.96. The van der Waals surface area contributed by atoms with Gasteiger partial charge < -0.3 is 10.6 Å². The van der Waals surface area contributed by atoms with E-state index < -0.39 is 0 Å². The minimum Gasteiger partial charge on any atom is -0.329 e. The second-order valence-corrected chi connectivity index (χ2v) is 6.53. The zero-order chi connectivity index (χ0) is 13.5. The van der Waals surface area contributed by atoms with Gasteiger partial charge in [0.25, 0.3) is 0 Å². The number of hydrogen-bond acceptors (Lipinski definition) is 4. The molecule has 0 saturated carbocycles. The molecule has 1 unspecified atom stereocenters. The van der Waals surface area contributed by atoms with Gasteiger partial charge in [-0.15, -0.1) is 11.3 Å². The fraction of sp³-hybridized carbons (Fsp3) is 0.692. The smallest absolute Gasteiger partial charge is 0.0576 e. The van der Waals surface area contributed by atoms with Gasteiger partial charge in [0.15, 0.2) is 0 Å². The van der Waals surface area contributed by atoms with Crippen molar-refractivity contribution in [3.8, 4) is 0 Å². The van der Waals surface area contributed by atoms with Crippen LogP contribution >= 0.6 is 27.3 Å². The lowest BCUT2D eigenvalue weighted by Crippen LogP contribution is -2.38. The molecule has 1 aromatic rings. The Balaban J connectivity index is 2.77. The lowest BCUT2D eigenvalue weighted by Gasteiger charge is -2.31. The molecule has 2 N–H and O–H groups in total. The highest BCUT2D eigenvalue weighted by Gasteiger charge is 2.21. The molecule has 0 fully saturated rings. The van der Waals surface area contributed by atoms with Crippen molar-refractivity contribution in [2.75, 3.05) is 40.3 Å². The summed E-state index contributed by atoms with van der Waals surface area (Å²) in [6, 6.07) is 2.44. The van der Waals surface area contributed by atoms with E-state index in [4.69, 9.17) is 5.73 Å². The van der Waals surface area contributed by atoms with E-state index in [-0.39, 0.29) is 0 Å². The van der Waals surface area contributed by atoms with Gasteiger partial charge in [0.1, 0.15) is 0 Å². The maximum atomic E-state index is 6.00. The molecule has 0 spiro atoms. The summed E-state index contributed by atoms with van der Waals surface area (Å²) in [6.45, 7) is 6.12. The fourth-order valence-electron chi connectivity index (χ4n) is 2.00. The Morgan fingerprint density at radius 1 is 1.33 bits per heavy atom. The van der Waals surface area contributed by atoms with Crippen LogP contribution in [-0.4, -0.2) is 50.1 Å². The summed E-state index contributed by atoms with van der Waals surface area (Å²) >= 11 is 5.41. The highest BCUT2D eigenvalue weighted by Crippen LogP contribution is 2.32. The van der Waals surface area contributed by atoms with Gasteiger partial charge in [-0.05, 0) is 54.4 Å². The van der Waals surface area contributed by atoms with Crippen LogP contribution in [0.25, 0.3) is 0 Å². The van der Waals surface area contributed by atoms with Crippen molar-refractivity contribution in [3.63, 3.8) is 0 Å². The Morgan fingerprint density at radius 3 is 2.50 bits per heavy atom. The number of likely N-dealkylation sites (N-methyl/N-ethyl adjacent to an activating group) is 1. The molecule has 0 aromatic carbocycles. The topological polar surface area (TPSA) is 32.5 Å². The van der Waals surface area contributed by atoms with Gasteiger partial charge in [0.2, 0.25) is 0 Å². The highest BCUT2D eigenvalue weighted by atomic mass is 79.9. The second kappa shape index (κ2) is 8.27. The molecule has 0 aliphatic carbocycles. The molecule has 3 nitrogen and oxygen atoms in total. The van der Waals surface area contributed by atoms with Crippen molar-refractivity contribution < 1.29 is 0 Å². The normalized spacial score (nSPS) is 13.5. The fourth-order valence-corrected chi connectivity index (χ4v) is 3.79. The van der Waals surface area contributed by atoms with Crippen LogP contribution in [0.15, 0.2) is 15.9 Å². The van der Waals surface area contributed by atoms with Crippen LogP contribution < -0.4 is 5.73 Å². The third kappa shape index (κ3) is 4.63. The van der Waals surface area contributed by atoms with E-state index in [1.807, 2.05) is 0 Å². The van der Waals surface area contributed by atoms with E-state index in [9.17, 15) is 0 Å². The summed E-state index contributed by atoms with van der Waals surface area (Å²) < 4.78 is 1.19. The largest absolute Gasteiger partial charge is 0.329 e. The molecule has 1 heterocycles. The van der Waals surface area contributed by atoms with Crippen LogP contribution in [0.2, 0.25) is 0 Å². The first kappa shape index (κ1) is 16.1. The van der Waals surface area contributed by atoms with Crippen LogP contribution in [0.1, 0.15) is 24.3 Å². The molecule has 18 heavy (non-hydrogen) atoms. The first-order valence-electron chi connectivity index (χ1n) is 6.41. The van der Waals surface area contributed by atoms with Crippen LogP contribution in [0, 0.1) is 0 Å². The molecular formula is C13H24BrN3S. The number of rotatable bonds is 8. The van der Waals surface area contributed by atoms with Crippen molar-refractivity contribution in [3.05, 3.63) is 20.8 Å². The summed E-state index contributed by atoms with van der Waals surface area (Å²) in [6.07, 6.45) is 1.16. The van der Waals surface area contributed by atoms with Gasteiger partial charge >= 0.3 is 0 Å². The summed E-state index contributed by atoms with van der Waals surface area (Å²) in [5, 5.41) is 2.12. The number of nitrogens with two attached hydrogens (primary N) is 1. The second-order valence-electron chi connectivity index (χ2n) is 4.72. The lowest BCUT2D eigenvalue weighted by molar-refractivity contribution is 0.184.